The van der Waals surface area contributed by atoms with E-state index in [-0.39, 0.29) is 11.9 Å². The first-order valence-corrected chi connectivity index (χ1v) is 9.16. The second-order valence-corrected chi connectivity index (χ2v) is 6.71. The molecule has 1 fully saturated rings. The Kier molecular flexibility index (Phi) is 5.86. The predicted molar refractivity (Wildman–Crippen MR) is 89.6 cm³/mol. The highest BCUT2D eigenvalue weighted by molar-refractivity contribution is 7.99. The number of likely N-dealkylation sites (tertiary alicyclic amines) is 1. The average molecular weight is 350 g/mol. The zero-order chi connectivity index (χ0) is 16.8. The summed E-state index contributed by atoms with van der Waals surface area (Å²) in [5, 5.41) is 15.3. The zero-order valence-corrected chi connectivity index (χ0v) is 14.5. The van der Waals surface area contributed by atoms with E-state index in [1.165, 1.54) is 11.8 Å². The van der Waals surface area contributed by atoms with E-state index >= 15 is 0 Å². The van der Waals surface area contributed by atoms with Crippen LogP contribution in [0.5, 0.6) is 0 Å². The number of amides is 1. The van der Waals surface area contributed by atoms with Crippen LogP contribution >= 0.6 is 11.8 Å². The molecule has 0 aromatic carbocycles. The molecule has 9 heteroatoms. The molecule has 1 aliphatic heterocycles. The summed E-state index contributed by atoms with van der Waals surface area (Å²) in [6, 6.07) is 3.97. The SMILES string of the molecule is CCN1CCC(NC(=O)CSc2nnnn2Cc2ccco2)CC1. The van der Waals surface area contributed by atoms with Crippen molar-refractivity contribution in [1.29, 1.82) is 0 Å². The lowest BCUT2D eigenvalue weighted by molar-refractivity contribution is -0.119. The van der Waals surface area contributed by atoms with Crippen LogP contribution < -0.4 is 5.32 Å². The number of carbonyl (C=O) groups excluding carboxylic acids is 1. The molecular formula is C15H22N6O2S. The first-order valence-electron chi connectivity index (χ1n) is 8.17. The van der Waals surface area contributed by atoms with E-state index < -0.39 is 0 Å². The van der Waals surface area contributed by atoms with E-state index in [0.29, 0.717) is 17.5 Å². The Labute approximate surface area is 145 Å². The standard InChI is InChI=1S/C15H22N6O2S/c1-2-20-7-5-12(6-8-20)16-14(22)11-24-15-17-18-19-21(15)10-13-4-3-9-23-13/h3-4,9,12H,2,5-8,10-11H2,1H3,(H,16,22). The Bertz CT molecular complexity index is 636. The molecule has 0 saturated carbocycles. The van der Waals surface area contributed by atoms with Gasteiger partial charge in [0, 0.05) is 19.1 Å². The van der Waals surface area contributed by atoms with Crippen LogP contribution in [-0.2, 0) is 11.3 Å². The monoisotopic (exact) mass is 350 g/mol. The minimum atomic E-state index is 0.0301. The van der Waals surface area contributed by atoms with Crippen molar-refractivity contribution in [2.75, 3.05) is 25.4 Å². The molecule has 3 rings (SSSR count). The summed E-state index contributed by atoms with van der Waals surface area (Å²) in [6.45, 7) is 5.81. The Hall–Kier alpha value is -1.87. The van der Waals surface area contributed by atoms with E-state index in [1.54, 1.807) is 10.9 Å². The number of thioether (sulfide) groups is 1. The van der Waals surface area contributed by atoms with Gasteiger partial charge in [0.15, 0.2) is 0 Å². The molecule has 0 aliphatic carbocycles. The topological polar surface area (TPSA) is 89.1 Å². The number of furan rings is 1. The number of piperidine rings is 1. The molecule has 0 atom stereocenters. The van der Waals surface area contributed by atoms with Crippen molar-refractivity contribution in [2.24, 2.45) is 0 Å². The maximum atomic E-state index is 12.1. The lowest BCUT2D eigenvalue weighted by Crippen LogP contribution is -2.45. The molecule has 0 radical (unpaired) electrons. The summed E-state index contributed by atoms with van der Waals surface area (Å²) in [7, 11) is 0. The van der Waals surface area contributed by atoms with Crippen molar-refractivity contribution in [3.8, 4) is 0 Å². The molecular weight excluding hydrogens is 328 g/mol. The van der Waals surface area contributed by atoms with Crippen LogP contribution in [0.25, 0.3) is 0 Å². The number of hydrogen-bond acceptors (Lipinski definition) is 7. The average Bonchev–Trinajstić information content (AvgIpc) is 3.26. The van der Waals surface area contributed by atoms with Crippen molar-refractivity contribution in [3.05, 3.63) is 24.2 Å². The van der Waals surface area contributed by atoms with Gasteiger partial charge < -0.3 is 14.6 Å². The second kappa shape index (κ2) is 8.29. The Morgan fingerprint density at radius 3 is 3.00 bits per heavy atom. The van der Waals surface area contributed by atoms with Crippen LogP contribution in [0.1, 0.15) is 25.5 Å². The van der Waals surface area contributed by atoms with Crippen LogP contribution in [0.2, 0.25) is 0 Å². The third-order valence-electron chi connectivity index (χ3n) is 4.12. The predicted octanol–water partition coefficient (Wildman–Crippen LogP) is 1.01. The van der Waals surface area contributed by atoms with E-state index in [0.717, 1.165) is 38.2 Å². The molecule has 24 heavy (non-hydrogen) atoms. The van der Waals surface area contributed by atoms with Crippen LogP contribution in [-0.4, -0.2) is 62.4 Å². The number of rotatable bonds is 7. The first kappa shape index (κ1) is 17.0. The Morgan fingerprint density at radius 2 is 2.29 bits per heavy atom. The molecule has 3 heterocycles. The number of tetrazole rings is 1. The fraction of sp³-hybridized carbons (Fsp3) is 0.600. The van der Waals surface area contributed by atoms with Gasteiger partial charge in [0.2, 0.25) is 11.1 Å². The van der Waals surface area contributed by atoms with E-state index in [2.05, 4.69) is 32.7 Å². The summed E-state index contributed by atoms with van der Waals surface area (Å²) in [5.41, 5.74) is 0. The highest BCUT2D eigenvalue weighted by Crippen LogP contribution is 2.16. The molecule has 1 amide bonds. The summed E-state index contributed by atoms with van der Waals surface area (Å²) in [5.74, 6) is 1.12. The van der Waals surface area contributed by atoms with Crippen molar-refractivity contribution >= 4 is 17.7 Å². The number of nitrogens with zero attached hydrogens (tertiary/aromatic N) is 5. The molecule has 1 saturated heterocycles. The quantitative estimate of drug-likeness (QED) is 0.745. The Balaban J connectivity index is 1.44. The molecule has 1 aliphatic rings. The van der Waals surface area contributed by atoms with Gasteiger partial charge in [-0.1, -0.05) is 18.7 Å². The lowest BCUT2D eigenvalue weighted by atomic mass is 10.1. The van der Waals surface area contributed by atoms with Gasteiger partial charge in [-0.05, 0) is 41.9 Å². The van der Waals surface area contributed by atoms with Crippen LogP contribution in [0.4, 0.5) is 0 Å². The van der Waals surface area contributed by atoms with Gasteiger partial charge in [-0.2, -0.15) is 0 Å². The summed E-state index contributed by atoms with van der Waals surface area (Å²) in [6.07, 6.45) is 3.64. The number of aromatic nitrogens is 4. The highest BCUT2D eigenvalue weighted by Gasteiger charge is 2.20. The Morgan fingerprint density at radius 1 is 1.46 bits per heavy atom. The van der Waals surface area contributed by atoms with Gasteiger partial charge >= 0.3 is 0 Å². The van der Waals surface area contributed by atoms with Gasteiger partial charge in [0.1, 0.15) is 12.3 Å². The summed E-state index contributed by atoms with van der Waals surface area (Å²) < 4.78 is 6.93. The third kappa shape index (κ3) is 4.57. The van der Waals surface area contributed by atoms with Crippen molar-refractivity contribution in [1.82, 2.24) is 30.4 Å². The van der Waals surface area contributed by atoms with Crippen molar-refractivity contribution in [3.63, 3.8) is 0 Å². The van der Waals surface area contributed by atoms with E-state index in [9.17, 15) is 4.79 Å². The molecule has 0 bridgehead atoms. The van der Waals surface area contributed by atoms with Gasteiger partial charge in [-0.15, -0.1) is 5.10 Å². The number of carbonyl (C=O) groups is 1. The van der Waals surface area contributed by atoms with Gasteiger partial charge in [-0.25, -0.2) is 4.68 Å². The van der Waals surface area contributed by atoms with Crippen LogP contribution in [0, 0.1) is 0 Å². The lowest BCUT2D eigenvalue weighted by Gasteiger charge is -2.31. The third-order valence-corrected chi connectivity index (χ3v) is 5.07. The minimum absolute atomic E-state index is 0.0301. The fourth-order valence-corrected chi connectivity index (χ4v) is 3.43. The van der Waals surface area contributed by atoms with Crippen LogP contribution in [0.3, 0.4) is 0 Å². The largest absolute Gasteiger partial charge is 0.467 e. The van der Waals surface area contributed by atoms with Crippen LogP contribution in [0.15, 0.2) is 28.0 Å². The smallest absolute Gasteiger partial charge is 0.230 e. The molecule has 130 valence electrons. The van der Waals surface area contributed by atoms with Crippen molar-refractivity contribution in [2.45, 2.75) is 37.5 Å². The van der Waals surface area contributed by atoms with E-state index in [1.807, 2.05) is 12.1 Å². The fourth-order valence-electron chi connectivity index (χ4n) is 2.74. The number of hydrogen-bond donors (Lipinski definition) is 1. The van der Waals surface area contributed by atoms with E-state index in [4.69, 9.17) is 4.42 Å². The first-order chi connectivity index (χ1) is 11.7. The number of nitrogens with one attached hydrogen (secondary N) is 1. The highest BCUT2D eigenvalue weighted by atomic mass is 32.2. The molecule has 0 unspecified atom stereocenters. The molecule has 1 N–H and O–H groups in total. The second-order valence-electron chi connectivity index (χ2n) is 5.76. The molecule has 2 aromatic rings. The zero-order valence-electron chi connectivity index (χ0n) is 13.7. The van der Waals surface area contributed by atoms with Crippen molar-refractivity contribution < 1.29 is 9.21 Å². The molecule has 0 spiro atoms. The van der Waals surface area contributed by atoms with Gasteiger partial charge in [-0.3, -0.25) is 4.79 Å². The maximum Gasteiger partial charge on any atom is 0.230 e. The summed E-state index contributed by atoms with van der Waals surface area (Å²) >= 11 is 1.34. The minimum Gasteiger partial charge on any atom is -0.467 e. The van der Waals surface area contributed by atoms with Gasteiger partial charge in [0.25, 0.3) is 0 Å². The normalized spacial score (nSPS) is 16.4. The van der Waals surface area contributed by atoms with Gasteiger partial charge in [0.05, 0.1) is 12.0 Å². The maximum absolute atomic E-state index is 12.1. The summed E-state index contributed by atoms with van der Waals surface area (Å²) in [4.78, 5) is 14.5. The molecule has 2 aromatic heterocycles. The molecule has 8 nitrogen and oxygen atoms in total.